The fraction of sp³-hybridized carbons (Fsp3) is 0.250. The lowest BCUT2D eigenvalue weighted by molar-refractivity contribution is 0.585. The molecular weight excluding hydrogens is 305 g/mol. The molecule has 1 aromatic carbocycles. The van der Waals surface area contributed by atoms with Crippen LogP contribution in [0.1, 0.15) is 12.5 Å². The van der Waals surface area contributed by atoms with Crippen LogP contribution in [0.25, 0.3) is 0 Å². The Balaban J connectivity index is 2.22. The van der Waals surface area contributed by atoms with E-state index in [0.29, 0.717) is 5.56 Å². The molecule has 1 N–H and O–H groups in total. The van der Waals surface area contributed by atoms with Gasteiger partial charge < -0.3 is 0 Å². The molecule has 1 aromatic heterocycles. The van der Waals surface area contributed by atoms with Gasteiger partial charge in [0, 0.05) is 11.8 Å². The highest BCUT2D eigenvalue weighted by Crippen LogP contribution is 2.21. The van der Waals surface area contributed by atoms with Crippen molar-refractivity contribution in [3.63, 3.8) is 0 Å². The van der Waals surface area contributed by atoms with Crippen LogP contribution in [-0.4, -0.2) is 24.0 Å². The summed E-state index contributed by atoms with van der Waals surface area (Å²) in [6, 6.07) is 6.28. The first-order valence-corrected chi connectivity index (χ1v) is 7.91. The van der Waals surface area contributed by atoms with Gasteiger partial charge in [-0.05, 0) is 13.0 Å². The summed E-state index contributed by atoms with van der Waals surface area (Å²) in [7, 11) is -3.45. The molecule has 0 amide bonds. The minimum Gasteiger partial charge on any atom is -0.265 e. The molecule has 0 aliphatic rings. The van der Waals surface area contributed by atoms with Gasteiger partial charge in [-0.15, -0.1) is 0 Å². The van der Waals surface area contributed by atoms with Crippen molar-refractivity contribution >= 4 is 27.4 Å². The van der Waals surface area contributed by atoms with Gasteiger partial charge in [-0.3, -0.25) is 9.40 Å². The summed E-state index contributed by atoms with van der Waals surface area (Å²) in [5, 5.41) is 4.17. The second-order valence-electron chi connectivity index (χ2n) is 4.12. The van der Waals surface area contributed by atoms with Crippen LogP contribution in [0.3, 0.4) is 0 Å². The third-order valence-electron chi connectivity index (χ3n) is 2.64. The Morgan fingerprint density at radius 2 is 2.10 bits per heavy atom. The minimum absolute atomic E-state index is 0.0462. The Morgan fingerprint density at radius 1 is 1.40 bits per heavy atom. The molecule has 1 heterocycles. The van der Waals surface area contributed by atoms with Gasteiger partial charge in [-0.25, -0.2) is 12.8 Å². The van der Waals surface area contributed by atoms with Crippen molar-refractivity contribution in [2.24, 2.45) is 0 Å². The van der Waals surface area contributed by atoms with Crippen LogP contribution in [0.5, 0.6) is 0 Å². The van der Waals surface area contributed by atoms with Gasteiger partial charge in [-0.2, -0.15) is 5.10 Å². The average molecular weight is 318 g/mol. The van der Waals surface area contributed by atoms with Gasteiger partial charge in [-0.1, -0.05) is 29.8 Å². The summed E-state index contributed by atoms with van der Waals surface area (Å²) in [5.74, 6) is -0.386. The van der Waals surface area contributed by atoms with Crippen LogP contribution in [0.4, 0.5) is 10.2 Å². The zero-order valence-corrected chi connectivity index (χ0v) is 12.2. The van der Waals surface area contributed by atoms with Crippen molar-refractivity contribution < 1.29 is 12.8 Å². The molecule has 108 valence electrons. The second-order valence-corrected chi connectivity index (χ2v) is 6.54. The fourth-order valence-electron chi connectivity index (χ4n) is 1.57. The molecule has 5 nitrogen and oxygen atoms in total. The average Bonchev–Trinajstić information content (AvgIpc) is 2.72. The lowest BCUT2D eigenvalue weighted by atomic mass is 10.2. The lowest BCUT2D eigenvalue weighted by Crippen LogP contribution is -2.15. The van der Waals surface area contributed by atoms with E-state index in [0.717, 1.165) is 0 Å². The number of sulfonamides is 1. The van der Waals surface area contributed by atoms with Crippen molar-refractivity contribution in [2.75, 3.05) is 10.5 Å². The number of hydrogen-bond donors (Lipinski definition) is 1. The van der Waals surface area contributed by atoms with E-state index >= 15 is 0 Å². The van der Waals surface area contributed by atoms with Gasteiger partial charge in [0.15, 0.2) is 5.82 Å². The summed E-state index contributed by atoms with van der Waals surface area (Å²) in [6.07, 6.45) is 1.45. The molecule has 8 heteroatoms. The number of anilines is 1. The summed E-state index contributed by atoms with van der Waals surface area (Å²) in [6.45, 7) is 1.67. The van der Waals surface area contributed by atoms with Crippen molar-refractivity contribution in [2.45, 2.75) is 13.5 Å². The highest BCUT2D eigenvalue weighted by Gasteiger charge is 2.14. The Morgan fingerprint density at radius 3 is 2.75 bits per heavy atom. The van der Waals surface area contributed by atoms with E-state index in [9.17, 15) is 12.8 Å². The molecule has 0 atom stereocenters. The molecule has 0 saturated carbocycles. The van der Waals surface area contributed by atoms with E-state index in [4.69, 9.17) is 11.6 Å². The van der Waals surface area contributed by atoms with E-state index in [-0.39, 0.29) is 29.0 Å². The summed E-state index contributed by atoms with van der Waals surface area (Å²) in [4.78, 5) is 0. The smallest absolute Gasteiger partial charge is 0.233 e. The Kier molecular flexibility index (Phi) is 4.29. The quantitative estimate of drug-likeness (QED) is 0.921. The molecule has 0 aliphatic carbocycles. The zero-order valence-electron chi connectivity index (χ0n) is 10.7. The molecule has 0 fully saturated rings. The first kappa shape index (κ1) is 14.8. The van der Waals surface area contributed by atoms with E-state index < -0.39 is 10.0 Å². The van der Waals surface area contributed by atoms with Gasteiger partial charge in [0.1, 0.15) is 10.8 Å². The summed E-state index contributed by atoms with van der Waals surface area (Å²) in [5.41, 5.74) is 0.441. The Hall–Kier alpha value is -1.60. The molecule has 0 saturated heterocycles. The fourth-order valence-corrected chi connectivity index (χ4v) is 2.41. The summed E-state index contributed by atoms with van der Waals surface area (Å²) < 4.78 is 40.1. The SMILES string of the molecule is CCS(=O)(=O)Nc1nn(Cc2ccccc2F)cc1Cl. The molecule has 2 rings (SSSR count). The molecule has 0 aliphatic heterocycles. The molecule has 0 bridgehead atoms. The highest BCUT2D eigenvalue weighted by atomic mass is 35.5. The minimum atomic E-state index is -3.45. The normalized spacial score (nSPS) is 11.6. The predicted molar refractivity (Wildman–Crippen MR) is 75.8 cm³/mol. The zero-order chi connectivity index (χ0) is 14.8. The second kappa shape index (κ2) is 5.80. The number of hydrogen-bond acceptors (Lipinski definition) is 3. The van der Waals surface area contributed by atoms with E-state index in [1.54, 1.807) is 18.2 Å². The van der Waals surface area contributed by atoms with E-state index in [1.807, 2.05) is 0 Å². The molecule has 20 heavy (non-hydrogen) atoms. The third kappa shape index (κ3) is 3.49. The Bertz CT molecular complexity index is 715. The monoisotopic (exact) mass is 317 g/mol. The molecule has 0 unspecified atom stereocenters. The van der Waals surface area contributed by atoms with Crippen LogP contribution in [0.2, 0.25) is 5.02 Å². The maximum atomic E-state index is 13.5. The van der Waals surface area contributed by atoms with Gasteiger partial charge >= 0.3 is 0 Å². The maximum absolute atomic E-state index is 13.5. The van der Waals surface area contributed by atoms with Crippen molar-refractivity contribution in [3.05, 3.63) is 46.9 Å². The van der Waals surface area contributed by atoms with Crippen LogP contribution >= 0.6 is 11.6 Å². The molecular formula is C12H13ClFN3O2S. The standard InChI is InChI=1S/C12H13ClFN3O2S/c1-2-20(18,19)16-12-10(13)8-17(15-12)7-9-5-3-4-6-11(9)14/h3-6,8H,2,7H2,1H3,(H,15,16). The number of nitrogens with zero attached hydrogens (tertiary/aromatic N) is 2. The van der Waals surface area contributed by atoms with Crippen LogP contribution < -0.4 is 4.72 Å². The maximum Gasteiger partial charge on any atom is 0.233 e. The van der Waals surface area contributed by atoms with E-state index in [2.05, 4.69) is 9.82 Å². The summed E-state index contributed by atoms with van der Waals surface area (Å²) >= 11 is 5.91. The number of aromatic nitrogens is 2. The largest absolute Gasteiger partial charge is 0.265 e. The topological polar surface area (TPSA) is 64.0 Å². The molecule has 0 radical (unpaired) electrons. The number of benzene rings is 1. The molecule has 2 aromatic rings. The van der Waals surface area contributed by atoms with Crippen molar-refractivity contribution in [1.82, 2.24) is 9.78 Å². The number of halogens is 2. The van der Waals surface area contributed by atoms with Crippen molar-refractivity contribution in [3.8, 4) is 0 Å². The van der Waals surface area contributed by atoms with E-state index in [1.165, 1.54) is 23.9 Å². The van der Waals surface area contributed by atoms with Crippen LogP contribution in [0, 0.1) is 5.82 Å². The Labute approximate surface area is 121 Å². The predicted octanol–water partition coefficient (Wildman–Crippen LogP) is 2.49. The number of nitrogens with one attached hydrogen (secondary N) is 1. The lowest BCUT2D eigenvalue weighted by Gasteiger charge is -2.04. The number of rotatable bonds is 5. The van der Waals surface area contributed by atoms with Gasteiger partial charge in [0.25, 0.3) is 0 Å². The first-order chi connectivity index (χ1) is 9.41. The molecule has 0 spiro atoms. The van der Waals surface area contributed by atoms with Gasteiger partial charge in [0.2, 0.25) is 10.0 Å². The third-order valence-corrected chi connectivity index (χ3v) is 4.18. The van der Waals surface area contributed by atoms with Crippen molar-refractivity contribution in [1.29, 1.82) is 0 Å². The van der Waals surface area contributed by atoms with Crippen LogP contribution in [0.15, 0.2) is 30.5 Å². The highest BCUT2D eigenvalue weighted by molar-refractivity contribution is 7.92. The van der Waals surface area contributed by atoms with Gasteiger partial charge in [0.05, 0.1) is 12.3 Å². The van der Waals surface area contributed by atoms with Crippen LogP contribution in [-0.2, 0) is 16.6 Å². The first-order valence-electron chi connectivity index (χ1n) is 5.88.